The molecule has 1 aromatic heterocycles. The Balaban J connectivity index is 2.12. The summed E-state index contributed by atoms with van der Waals surface area (Å²) in [7, 11) is 0. The Hall–Kier alpha value is -1.35. The van der Waals surface area contributed by atoms with E-state index in [9.17, 15) is 0 Å². The van der Waals surface area contributed by atoms with Crippen LogP contribution in [0, 0.1) is 5.92 Å². The van der Waals surface area contributed by atoms with Crippen molar-refractivity contribution in [2.75, 3.05) is 6.54 Å². The van der Waals surface area contributed by atoms with E-state index in [1.165, 1.54) is 17.8 Å². The maximum atomic E-state index is 4.86. The monoisotopic (exact) mass is 243 g/mol. The lowest BCUT2D eigenvalue weighted by atomic mass is 10.0. The van der Waals surface area contributed by atoms with E-state index in [2.05, 4.69) is 48.0 Å². The van der Waals surface area contributed by atoms with Crippen LogP contribution in [0.4, 0.5) is 0 Å². The van der Waals surface area contributed by atoms with Gasteiger partial charge < -0.3 is 9.88 Å². The molecule has 1 saturated heterocycles. The molecular formula is C15H21N3. The van der Waals surface area contributed by atoms with Crippen molar-refractivity contribution in [2.24, 2.45) is 5.92 Å². The van der Waals surface area contributed by atoms with Crippen LogP contribution in [0.25, 0.3) is 11.0 Å². The van der Waals surface area contributed by atoms with Crippen molar-refractivity contribution in [3.8, 4) is 0 Å². The van der Waals surface area contributed by atoms with Crippen LogP contribution < -0.4 is 5.32 Å². The number of hydrogen-bond donors (Lipinski definition) is 1. The second kappa shape index (κ2) is 4.73. The lowest BCUT2D eigenvalue weighted by Gasteiger charge is -2.17. The van der Waals surface area contributed by atoms with Crippen molar-refractivity contribution in [2.45, 2.75) is 39.3 Å². The minimum Gasteiger partial charge on any atom is -0.327 e. The average Bonchev–Trinajstić information content (AvgIpc) is 2.94. The number of nitrogens with one attached hydrogen (secondary N) is 1. The number of hydrogen-bond acceptors (Lipinski definition) is 2. The summed E-state index contributed by atoms with van der Waals surface area (Å²) in [4.78, 5) is 4.86. The van der Waals surface area contributed by atoms with Gasteiger partial charge in [-0.1, -0.05) is 26.0 Å². The van der Waals surface area contributed by atoms with Crippen molar-refractivity contribution < 1.29 is 0 Å². The molecule has 1 N–H and O–H groups in total. The van der Waals surface area contributed by atoms with E-state index in [0.717, 1.165) is 25.0 Å². The van der Waals surface area contributed by atoms with Crippen molar-refractivity contribution in [1.82, 2.24) is 14.9 Å². The molecule has 3 nitrogen and oxygen atoms in total. The predicted molar refractivity (Wildman–Crippen MR) is 74.5 cm³/mol. The van der Waals surface area contributed by atoms with Gasteiger partial charge in [-0.25, -0.2) is 4.98 Å². The zero-order chi connectivity index (χ0) is 12.5. The molecule has 3 heteroatoms. The van der Waals surface area contributed by atoms with Crippen LogP contribution in [0.5, 0.6) is 0 Å². The Labute approximate surface area is 108 Å². The first-order valence-corrected chi connectivity index (χ1v) is 6.99. The van der Waals surface area contributed by atoms with Gasteiger partial charge in [0.2, 0.25) is 0 Å². The van der Waals surface area contributed by atoms with Gasteiger partial charge in [0.25, 0.3) is 0 Å². The summed E-state index contributed by atoms with van der Waals surface area (Å²) in [5.41, 5.74) is 2.40. The molecule has 1 aliphatic heterocycles. The van der Waals surface area contributed by atoms with Crippen molar-refractivity contribution in [3.05, 3.63) is 30.1 Å². The first kappa shape index (κ1) is 11.7. The lowest BCUT2D eigenvalue weighted by Crippen LogP contribution is -2.21. The number of aromatic nitrogens is 2. The number of rotatable bonds is 3. The van der Waals surface area contributed by atoms with E-state index in [0.29, 0.717) is 12.0 Å². The molecule has 2 aromatic rings. The summed E-state index contributed by atoms with van der Waals surface area (Å²) in [6.07, 6.45) is 2.40. The largest absolute Gasteiger partial charge is 0.327 e. The number of para-hydroxylation sites is 2. The van der Waals surface area contributed by atoms with Gasteiger partial charge in [-0.05, 0) is 37.4 Å². The van der Waals surface area contributed by atoms with Gasteiger partial charge in [0.05, 0.1) is 17.1 Å². The maximum absolute atomic E-state index is 4.86. The van der Waals surface area contributed by atoms with Crippen LogP contribution in [0.2, 0.25) is 0 Å². The van der Waals surface area contributed by atoms with Crippen LogP contribution >= 0.6 is 0 Å². The average molecular weight is 243 g/mol. The van der Waals surface area contributed by atoms with E-state index in [1.807, 2.05) is 0 Å². The van der Waals surface area contributed by atoms with Gasteiger partial charge in [0, 0.05) is 6.54 Å². The van der Waals surface area contributed by atoms with Crippen LogP contribution in [0.1, 0.15) is 38.6 Å². The Morgan fingerprint density at radius 1 is 1.39 bits per heavy atom. The molecule has 18 heavy (non-hydrogen) atoms. The third kappa shape index (κ3) is 1.83. The highest BCUT2D eigenvalue weighted by Gasteiger charge is 2.28. The van der Waals surface area contributed by atoms with Gasteiger partial charge in [-0.15, -0.1) is 0 Å². The van der Waals surface area contributed by atoms with Gasteiger partial charge in [-0.2, -0.15) is 0 Å². The fraction of sp³-hybridized carbons (Fsp3) is 0.533. The van der Waals surface area contributed by atoms with Crippen LogP contribution in [-0.2, 0) is 6.54 Å². The minimum atomic E-state index is 0.420. The summed E-state index contributed by atoms with van der Waals surface area (Å²) < 4.78 is 2.40. The topological polar surface area (TPSA) is 29.9 Å². The summed E-state index contributed by atoms with van der Waals surface area (Å²) in [6, 6.07) is 8.89. The van der Waals surface area contributed by atoms with Crippen molar-refractivity contribution in [1.29, 1.82) is 0 Å². The fourth-order valence-electron chi connectivity index (χ4n) is 2.97. The Morgan fingerprint density at radius 3 is 2.94 bits per heavy atom. The maximum Gasteiger partial charge on any atom is 0.127 e. The van der Waals surface area contributed by atoms with Crippen LogP contribution in [-0.4, -0.2) is 16.1 Å². The minimum absolute atomic E-state index is 0.420. The molecule has 2 atom stereocenters. The molecule has 0 saturated carbocycles. The van der Waals surface area contributed by atoms with E-state index < -0.39 is 0 Å². The number of nitrogens with zero attached hydrogens (tertiary/aromatic N) is 2. The van der Waals surface area contributed by atoms with E-state index >= 15 is 0 Å². The molecule has 1 aromatic carbocycles. The SMILES string of the molecule is CCCn1c(C2NCCC2C)nc2ccccc21. The van der Waals surface area contributed by atoms with Crippen molar-refractivity contribution in [3.63, 3.8) is 0 Å². The first-order valence-electron chi connectivity index (χ1n) is 6.99. The first-order chi connectivity index (χ1) is 8.81. The molecule has 0 spiro atoms. The molecule has 3 rings (SSSR count). The molecule has 1 aliphatic rings. The molecular weight excluding hydrogens is 222 g/mol. The molecule has 2 unspecified atom stereocenters. The molecule has 96 valence electrons. The zero-order valence-electron chi connectivity index (χ0n) is 11.2. The van der Waals surface area contributed by atoms with Crippen molar-refractivity contribution >= 4 is 11.0 Å². The molecule has 0 aliphatic carbocycles. The van der Waals surface area contributed by atoms with E-state index in [-0.39, 0.29) is 0 Å². The smallest absolute Gasteiger partial charge is 0.127 e. The molecule has 0 bridgehead atoms. The summed E-state index contributed by atoms with van der Waals surface area (Å²) >= 11 is 0. The highest BCUT2D eigenvalue weighted by Crippen LogP contribution is 2.30. The quantitative estimate of drug-likeness (QED) is 0.897. The predicted octanol–water partition coefficient (Wildman–Crippen LogP) is 3.12. The van der Waals surface area contributed by atoms with Gasteiger partial charge in [-0.3, -0.25) is 0 Å². The Bertz CT molecular complexity index is 544. The number of imidazole rings is 1. The molecule has 1 fully saturated rings. The van der Waals surface area contributed by atoms with E-state index in [1.54, 1.807) is 0 Å². The fourth-order valence-corrected chi connectivity index (χ4v) is 2.97. The third-order valence-electron chi connectivity index (χ3n) is 3.94. The Kier molecular flexibility index (Phi) is 3.08. The standard InChI is InChI=1S/C15H21N3/c1-3-10-18-13-7-5-4-6-12(13)17-15(18)14-11(2)8-9-16-14/h4-7,11,14,16H,3,8-10H2,1-2H3. The second-order valence-corrected chi connectivity index (χ2v) is 5.31. The lowest BCUT2D eigenvalue weighted by molar-refractivity contribution is 0.457. The molecule has 2 heterocycles. The molecule has 0 amide bonds. The highest BCUT2D eigenvalue weighted by molar-refractivity contribution is 5.76. The summed E-state index contributed by atoms with van der Waals surface area (Å²) in [5, 5.41) is 3.60. The normalized spacial score (nSPS) is 23.9. The zero-order valence-corrected chi connectivity index (χ0v) is 11.2. The summed E-state index contributed by atoms with van der Waals surface area (Å²) in [5.74, 6) is 1.90. The van der Waals surface area contributed by atoms with Gasteiger partial charge in [0.1, 0.15) is 5.82 Å². The van der Waals surface area contributed by atoms with Crippen LogP contribution in [0.3, 0.4) is 0 Å². The van der Waals surface area contributed by atoms with Crippen LogP contribution in [0.15, 0.2) is 24.3 Å². The van der Waals surface area contributed by atoms with Gasteiger partial charge in [0.15, 0.2) is 0 Å². The highest BCUT2D eigenvalue weighted by atomic mass is 15.1. The Morgan fingerprint density at radius 2 is 2.22 bits per heavy atom. The number of aryl methyl sites for hydroxylation is 1. The molecule has 0 radical (unpaired) electrons. The third-order valence-corrected chi connectivity index (χ3v) is 3.94. The number of benzene rings is 1. The van der Waals surface area contributed by atoms with E-state index in [4.69, 9.17) is 4.98 Å². The second-order valence-electron chi connectivity index (χ2n) is 5.31. The summed E-state index contributed by atoms with van der Waals surface area (Å²) in [6.45, 7) is 6.71. The van der Waals surface area contributed by atoms with Gasteiger partial charge >= 0.3 is 0 Å². The number of fused-ring (bicyclic) bond motifs is 1.